The van der Waals surface area contributed by atoms with Crippen molar-refractivity contribution in [3.63, 3.8) is 0 Å². The first-order valence-corrected chi connectivity index (χ1v) is 8.37. The first-order valence-electron chi connectivity index (χ1n) is 8.37. The molecule has 2 aliphatic heterocycles. The Hall–Kier alpha value is -2.96. The van der Waals surface area contributed by atoms with Crippen molar-refractivity contribution in [2.24, 2.45) is 0 Å². The van der Waals surface area contributed by atoms with Gasteiger partial charge in [0.15, 0.2) is 0 Å². The van der Waals surface area contributed by atoms with Crippen LogP contribution in [0.2, 0.25) is 0 Å². The Labute approximate surface area is 144 Å². The SMILES string of the molecule is O=C(CN1C(=O)c2ccccc2C1=O)N1CCC(n2cccn2)CC1. The quantitative estimate of drug-likeness (QED) is 0.792. The number of hydrogen-bond donors (Lipinski definition) is 0. The fourth-order valence-electron chi connectivity index (χ4n) is 3.49. The minimum atomic E-state index is -0.389. The number of piperidine rings is 1. The van der Waals surface area contributed by atoms with Gasteiger partial charge in [0.25, 0.3) is 11.8 Å². The van der Waals surface area contributed by atoms with Crippen molar-refractivity contribution in [1.29, 1.82) is 0 Å². The normalized spacial score (nSPS) is 17.9. The molecule has 0 atom stereocenters. The monoisotopic (exact) mass is 338 g/mol. The van der Waals surface area contributed by atoms with E-state index in [4.69, 9.17) is 0 Å². The molecule has 1 aromatic heterocycles. The molecule has 0 aliphatic carbocycles. The van der Waals surface area contributed by atoms with Crippen molar-refractivity contribution in [2.75, 3.05) is 19.6 Å². The molecule has 1 saturated heterocycles. The van der Waals surface area contributed by atoms with Gasteiger partial charge in [0.2, 0.25) is 5.91 Å². The Kier molecular flexibility index (Phi) is 3.83. The molecule has 0 spiro atoms. The molecule has 1 aromatic carbocycles. The minimum Gasteiger partial charge on any atom is -0.341 e. The molecule has 128 valence electrons. The van der Waals surface area contributed by atoms with Crippen LogP contribution in [0.3, 0.4) is 0 Å². The molecule has 25 heavy (non-hydrogen) atoms. The number of amides is 3. The Bertz CT molecular complexity index is 788. The van der Waals surface area contributed by atoms with Gasteiger partial charge < -0.3 is 4.90 Å². The Morgan fingerprint density at radius 2 is 1.68 bits per heavy atom. The maximum absolute atomic E-state index is 12.5. The van der Waals surface area contributed by atoms with Crippen LogP contribution in [0.25, 0.3) is 0 Å². The third-order valence-corrected chi connectivity index (χ3v) is 4.89. The zero-order valence-electron chi connectivity index (χ0n) is 13.7. The number of rotatable bonds is 3. The second kappa shape index (κ2) is 6.16. The van der Waals surface area contributed by atoms with Gasteiger partial charge in [-0.25, -0.2) is 0 Å². The summed E-state index contributed by atoms with van der Waals surface area (Å²) in [6.45, 7) is 1.01. The summed E-state index contributed by atoms with van der Waals surface area (Å²) in [5.41, 5.74) is 0.746. The number of carbonyl (C=O) groups is 3. The highest BCUT2D eigenvalue weighted by atomic mass is 16.2. The van der Waals surface area contributed by atoms with E-state index in [9.17, 15) is 14.4 Å². The average molecular weight is 338 g/mol. The third-order valence-electron chi connectivity index (χ3n) is 4.89. The van der Waals surface area contributed by atoms with Crippen LogP contribution in [0.15, 0.2) is 42.7 Å². The molecule has 3 heterocycles. The van der Waals surface area contributed by atoms with Crippen LogP contribution in [0, 0.1) is 0 Å². The molecule has 7 heteroatoms. The number of nitrogens with zero attached hydrogens (tertiary/aromatic N) is 4. The molecular weight excluding hydrogens is 320 g/mol. The number of fused-ring (bicyclic) bond motifs is 1. The third kappa shape index (κ3) is 2.71. The van der Waals surface area contributed by atoms with Crippen molar-refractivity contribution < 1.29 is 14.4 Å². The molecular formula is C18H18N4O3. The summed E-state index contributed by atoms with van der Waals surface area (Å²) in [5, 5.41) is 4.25. The van der Waals surface area contributed by atoms with Crippen LogP contribution in [0.1, 0.15) is 39.6 Å². The predicted molar refractivity (Wildman–Crippen MR) is 88.9 cm³/mol. The Balaban J connectivity index is 1.39. The average Bonchev–Trinajstić information content (AvgIpc) is 3.26. The van der Waals surface area contributed by atoms with Crippen LogP contribution in [0.4, 0.5) is 0 Å². The van der Waals surface area contributed by atoms with Crippen LogP contribution in [0.5, 0.6) is 0 Å². The fraction of sp³-hybridized carbons (Fsp3) is 0.333. The topological polar surface area (TPSA) is 75.5 Å². The lowest BCUT2D eigenvalue weighted by atomic mass is 10.1. The van der Waals surface area contributed by atoms with E-state index in [0.29, 0.717) is 30.3 Å². The highest BCUT2D eigenvalue weighted by Crippen LogP contribution is 2.24. The summed E-state index contributed by atoms with van der Waals surface area (Å²) in [6, 6.07) is 8.86. The Morgan fingerprint density at radius 3 is 2.24 bits per heavy atom. The summed E-state index contributed by atoms with van der Waals surface area (Å²) < 4.78 is 1.92. The zero-order chi connectivity index (χ0) is 17.4. The summed E-state index contributed by atoms with van der Waals surface area (Å²) in [7, 11) is 0. The van der Waals surface area contributed by atoms with Crippen molar-refractivity contribution >= 4 is 17.7 Å². The lowest BCUT2D eigenvalue weighted by Crippen LogP contribution is -2.46. The van der Waals surface area contributed by atoms with Crippen molar-refractivity contribution in [3.05, 3.63) is 53.9 Å². The highest BCUT2D eigenvalue weighted by molar-refractivity contribution is 6.22. The standard InChI is InChI=1S/C18H18N4O3/c23-16(20-10-6-13(7-11-20)22-9-3-8-19-22)12-21-17(24)14-4-1-2-5-15(14)18(21)25/h1-5,8-9,13H,6-7,10-12H2. The van der Waals surface area contributed by atoms with E-state index >= 15 is 0 Å². The molecule has 0 radical (unpaired) electrons. The number of imide groups is 1. The smallest absolute Gasteiger partial charge is 0.262 e. The molecule has 0 saturated carbocycles. The van der Waals surface area contributed by atoms with Gasteiger partial charge in [-0.2, -0.15) is 5.10 Å². The van der Waals surface area contributed by atoms with Gasteiger partial charge in [0.1, 0.15) is 6.54 Å². The van der Waals surface area contributed by atoms with Gasteiger partial charge in [-0.1, -0.05) is 12.1 Å². The second-order valence-corrected chi connectivity index (χ2v) is 6.34. The van der Waals surface area contributed by atoms with E-state index in [-0.39, 0.29) is 24.3 Å². The summed E-state index contributed by atoms with van der Waals surface area (Å²) in [4.78, 5) is 40.0. The molecule has 3 amide bonds. The lowest BCUT2D eigenvalue weighted by molar-refractivity contribution is -0.132. The molecule has 7 nitrogen and oxygen atoms in total. The maximum atomic E-state index is 12.5. The first kappa shape index (κ1) is 15.6. The number of carbonyl (C=O) groups excluding carboxylic acids is 3. The zero-order valence-corrected chi connectivity index (χ0v) is 13.7. The van der Waals surface area contributed by atoms with E-state index < -0.39 is 0 Å². The minimum absolute atomic E-state index is 0.187. The molecule has 0 bridgehead atoms. The number of aromatic nitrogens is 2. The van der Waals surface area contributed by atoms with Gasteiger partial charge in [-0.15, -0.1) is 0 Å². The predicted octanol–water partition coefficient (Wildman–Crippen LogP) is 1.34. The lowest BCUT2D eigenvalue weighted by Gasteiger charge is -2.32. The van der Waals surface area contributed by atoms with Gasteiger partial charge in [-0.05, 0) is 31.0 Å². The number of benzene rings is 1. The molecule has 4 rings (SSSR count). The van der Waals surface area contributed by atoms with Crippen LogP contribution >= 0.6 is 0 Å². The van der Waals surface area contributed by atoms with Crippen LogP contribution in [-0.4, -0.2) is 56.9 Å². The van der Waals surface area contributed by atoms with Gasteiger partial charge in [0.05, 0.1) is 17.2 Å². The van der Waals surface area contributed by atoms with Crippen LogP contribution in [-0.2, 0) is 4.79 Å². The molecule has 0 N–H and O–H groups in total. The summed E-state index contributed by atoms with van der Waals surface area (Å²) >= 11 is 0. The molecule has 0 unspecified atom stereocenters. The van der Waals surface area contributed by atoms with E-state index in [0.717, 1.165) is 17.7 Å². The van der Waals surface area contributed by atoms with E-state index in [1.165, 1.54) is 0 Å². The first-order chi connectivity index (χ1) is 12.1. The largest absolute Gasteiger partial charge is 0.341 e. The maximum Gasteiger partial charge on any atom is 0.262 e. The fourth-order valence-corrected chi connectivity index (χ4v) is 3.49. The van der Waals surface area contributed by atoms with Crippen LogP contribution < -0.4 is 0 Å². The molecule has 2 aromatic rings. The Morgan fingerprint density at radius 1 is 1.04 bits per heavy atom. The number of hydrogen-bond acceptors (Lipinski definition) is 4. The molecule has 2 aliphatic rings. The summed E-state index contributed by atoms with van der Waals surface area (Å²) in [5.74, 6) is -0.964. The highest BCUT2D eigenvalue weighted by Gasteiger charge is 2.37. The summed E-state index contributed by atoms with van der Waals surface area (Å²) in [6.07, 6.45) is 5.31. The van der Waals surface area contributed by atoms with E-state index in [1.807, 2.05) is 16.9 Å². The van der Waals surface area contributed by atoms with Crippen molar-refractivity contribution in [1.82, 2.24) is 19.6 Å². The molecule has 1 fully saturated rings. The van der Waals surface area contributed by atoms with E-state index in [1.54, 1.807) is 35.4 Å². The van der Waals surface area contributed by atoms with Gasteiger partial charge in [-0.3, -0.25) is 24.0 Å². The second-order valence-electron chi connectivity index (χ2n) is 6.34. The van der Waals surface area contributed by atoms with Crippen molar-refractivity contribution in [2.45, 2.75) is 18.9 Å². The van der Waals surface area contributed by atoms with E-state index in [2.05, 4.69) is 5.10 Å². The van der Waals surface area contributed by atoms with Gasteiger partial charge in [0, 0.05) is 25.5 Å². The van der Waals surface area contributed by atoms with Gasteiger partial charge >= 0.3 is 0 Å². The van der Waals surface area contributed by atoms with Crippen molar-refractivity contribution in [3.8, 4) is 0 Å². The number of likely N-dealkylation sites (tertiary alicyclic amines) is 1.